The van der Waals surface area contributed by atoms with Crippen LogP contribution >= 0.6 is 0 Å². The van der Waals surface area contributed by atoms with Gasteiger partial charge in [0.05, 0.1) is 12.5 Å². The highest BCUT2D eigenvalue weighted by atomic mass is 16.5. The molecule has 1 unspecified atom stereocenters. The van der Waals surface area contributed by atoms with E-state index in [0.29, 0.717) is 18.1 Å². The van der Waals surface area contributed by atoms with E-state index in [2.05, 4.69) is 45.2 Å². The fourth-order valence-electron chi connectivity index (χ4n) is 3.21. The summed E-state index contributed by atoms with van der Waals surface area (Å²) in [4.78, 5) is 10.7. The molecular weight excluding hydrogens is 290 g/mol. The van der Waals surface area contributed by atoms with Gasteiger partial charge in [-0.15, -0.1) is 0 Å². The molecule has 1 saturated carbocycles. The Bertz CT molecular complexity index is 365. The second kappa shape index (κ2) is 10.1. The number of carboxylic acid groups (broad SMARTS) is 1. The molecule has 0 saturated heterocycles. The Morgan fingerprint density at radius 2 is 1.91 bits per heavy atom. The third-order valence-electron chi connectivity index (χ3n) is 4.72. The first-order valence-corrected chi connectivity index (χ1v) is 9.08. The molecule has 0 spiro atoms. The average molecular weight is 325 g/mol. The normalized spacial score (nSPS) is 24.0. The molecule has 0 heterocycles. The molecule has 0 amide bonds. The number of ether oxygens (including phenoxy) is 1. The summed E-state index contributed by atoms with van der Waals surface area (Å²) in [6.07, 6.45) is 11.1. The lowest BCUT2D eigenvalue weighted by Crippen LogP contribution is -2.38. The van der Waals surface area contributed by atoms with Gasteiger partial charge in [-0.1, -0.05) is 39.8 Å². The second-order valence-corrected chi connectivity index (χ2v) is 7.68. The van der Waals surface area contributed by atoms with Gasteiger partial charge in [-0.25, -0.2) is 0 Å². The molecule has 0 bridgehead atoms. The molecule has 134 valence electrons. The average Bonchev–Trinajstić information content (AvgIpc) is 2.46. The Balaban J connectivity index is 2.43. The van der Waals surface area contributed by atoms with Gasteiger partial charge in [0, 0.05) is 13.0 Å². The van der Waals surface area contributed by atoms with Crippen LogP contribution in [0.2, 0.25) is 0 Å². The predicted molar refractivity (Wildman–Crippen MR) is 94.4 cm³/mol. The van der Waals surface area contributed by atoms with Crippen molar-refractivity contribution >= 4 is 5.97 Å². The molecule has 23 heavy (non-hydrogen) atoms. The van der Waals surface area contributed by atoms with Gasteiger partial charge in [0.1, 0.15) is 6.23 Å². The first-order valence-electron chi connectivity index (χ1n) is 9.08. The number of aliphatic carboxylic acids is 1. The van der Waals surface area contributed by atoms with Crippen molar-refractivity contribution < 1.29 is 14.6 Å². The highest BCUT2D eigenvalue weighted by molar-refractivity contribution is 5.66. The van der Waals surface area contributed by atoms with E-state index >= 15 is 0 Å². The van der Waals surface area contributed by atoms with Crippen LogP contribution in [-0.2, 0) is 9.53 Å². The minimum absolute atomic E-state index is 0.0756. The van der Waals surface area contributed by atoms with Gasteiger partial charge < -0.3 is 9.84 Å². The van der Waals surface area contributed by atoms with E-state index in [0.717, 1.165) is 31.6 Å². The van der Waals surface area contributed by atoms with Crippen molar-refractivity contribution in [3.8, 4) is 0 Å². The maximum absolute atomic E-state index is 10.7. The van der Waals surface area contributed by atoms with Crippen LogP contribution in [0, 0.1) is 11.3 Å². The molecule has 0 aromatic carbocycles. The topological polar surface area (TPSA) is 58.6 Å². The van der Waals surface area contributed by atoms with Crippen LogP contribution in [0.4, 0.5) is 0 Å². The van der Waals surface area contributed by atoms with Gasteiger partial charge in [0.15, 0.2) is 0 Å². The number of rotatable bonds is 9. The van der Waals surface area contributed by atoms with Crippen molar-refractivity contribution in [2.24, 2.45) is 11.3 Å². The Labute approximate surface area is 141 Å². The van der Waals surface area contributed by atoms with E-state index in [4.69, 9.17) is 9.84 Å². The summed E-state index contributed by atoms with van der Waals surface area (Å²) in [6.45, 7) is 9.54. The quantitative estimate of drug-likeness (QED) is 0.488. The van der Waals surface area contributed by atoms with E-state index in [1.807, 2.05) is 0 Å². The van der Waals surface area contributed by atoms with Crippen molar-refractivity contribution in [1.29, 1.82) is 0 Å². The van der Waals surface area contributed by atoms with E-state index in [1.54, 1.807) is 0 Å². The van der Waals surface area contributed by atoms with Crippen molar-refractivity contribution in [2.45, 2.75) is 85.0 Å². The number of hydrogen-bond acceptors (Lipinski definition) is 3. The molecule has 0 radical (unpaired) electrons. The largest absolute Gasteiger partial charge is 0.481 e. The minimum Gasteiger partial charge on any atom is -0.481 e. The minimum atomic E-state index is -0.772. The zero-order valence-electron chi connectivity index (χ0n) is 15.3. The number of carboxylic acids is 1. The Kier molecular flexibility index (Phi) is 8.85. The summed E-state index contributed by atoms with van der Waals surface area (Å²) in [5, 5.41) is 12.0. The summed E-state index contributed by atoms with van der Waals surface area (Å²) in [5.74, 6) is 0.00629. The molecule has 2 N–H and O–H groups in total. The molecule has 4 nitrogen and oxygen atoms in total. The van der Waals surface area contributed by atoms with E-state index in [1.165, 1.54) is 12.8 Å². The van der Waals surface area contributed by atoms with Gasteiger partial charge in [0.2, 0.25) is 0 Å². The van der Waals surface area contributed by atoms with Gasteiger partial charge in [-0.3, -0.25) is 10.1 Å². The van der Waals surface area contributed by atoms with Crippen molar-refractivity contribution in [2.75, 3.05) is 6.54 Å². The Hall–Kier alpha value is -0.870. The van der Waals surface area contributed by atoms with Gasteiger partial charge in [0.25, 0.3) is 0 Å². The molecule has 4 heteroatoms. The smallest absolute Gasteiger partial charge is 0.304 e. The highest BCUT2D eigenvalue weighted by Crippen LogP contribution is 2.38. The lowest BCUT2D eigenvalue weighted by Gasteiger charge is -2.38. The summed E-state index contributed by atoms with van der Waals surface area (Å²) < 4.78 is 6.23. The first kappa shape index (κ1) is 20.2. The fraction of sp³-hybridized carbons (Fsp3) is 0.842. The fourth-order valence-corrected chi connectivity index (χ4v) is 3.21. The number of nitrogens with one attached hydrogen (secondary N) is 1. The van der Waals surface area contributed by atoms with Crippen LogP contribution in [0.15, 0.2) is 12.2 Å². The predicted octanol–water partition coefficient (Wildman–Crippen LogP) is 4.35. The molecule has 1 aliphatic carbocycles. The SMILES string of the molecule is CC/C=C\CC(NCCC(=O)O)O[C@H]1CC[C@H](C(C)(C)C)CC1. The molecular formula is C19H35NO3. The molecule has 0 aliphatic heterocycles. The van der Waals surface area contributed by atoms with Crippen LogP contribution in [0.25, 0.3) is 0 Å². The molecule has 1 rings (SSSR count). The third-order valence-corrected chi connectivity index (χ3v) is 4.72. The summed E-state index contributed by atoms with van der Waals surface area (Å²) in [7, 11) is 0. The van der Waals surface area contributed by atoms with Gasteiger partial charge in [-0.2, -0.15) is 0 Å². The third kappa shape index (κ3) is 8.52. The molecule has 0 aromatic heterocycles. The number of hydrogen-bond donors (Lipinski definition) is 2. The Morgan fingerprint density at radius 3 is 2.43 bits per heavy atom. The molecule has 1 atom stereocenters. The molecule has 0 aromatic rings. The summed E-state index contributed by atoms with van der Waals surface area (Å²) in [6, 6.07) is 0. The standard InChI is InChI=1S/C19H35NO3/c1-5-6-7-8-17(20-14-13-18(21)22)23-16-11-9-15(10-12-16)19(2,3)4/h6-7,15-17,20H,5,8-14H2,1-4H3,(H,21,22)/b7-6-/t15-,16-,17?. The van der Waals surface area contributed by atoms with Crippen LogP contribution < -0.4 is 5.32 Å². The van der Waals surface area contributed by atoms with Crippen LogP contribution in [0.3, 0.4) is 0 Å². The maximum Gasteiger partial charge on any atom is 0.304 e. The zero-order valence-corrected chi connectivity index (χ0v) is 15.3. The summed E-state index contributed by atoms with van der Waals surface area (Å²) in [5.41, 5.74) is 0.383. The lowest BCUT2D eigenvalue weighted by atomic mass is 9.72. The van der Waals surface area contributed by atoms with Crippen molar-refractivity contribution in [3.05, 3.63) is 12.2 Å². The van der Waals surface area contributed by atoms with Crippen molar-refractivity contribution in [3.63, 3.8) is 0 Å². The number of allylic oxidation sites excluding steroid dienone is 1. The van der Waals surface area contributed by atoms with Gasteiger partial charge in [-0.05, 0) is 43.4 Å². The highest BCUT2D eigenvalue weighted by Gasteiger charge is 2.30. The van der Waals surface area contributed by atoms with E-state index in [-0.39, 0.29) is 12.6 Å². The monoisotopic (exact) mass is 325 g/mol. The lowest BCUT2D eigenvalue weighted by molar-refractivity contribution is -0.137. The van der Waals surface area contributed by atoms with Crippen molar-refractivity contribution in [1.82, 2.24) is 5.32 Å². The van der Waals surface area contributed by atoms with Crippen LogP contribution in [0.5, 0.6) is 0 Å². The first-order chi connectivity index (χ1) is 10.8. The van der Waals surface area contributed by atoms with Crippen LogP contribution in [-0.4, -0.2) is 30.0 Å². The molecule has 1 fully saturated rings. The Morgan fingerprint density at radius 1 is 1.26 bits per heavy atom. The van der Waals surface area contributed by atoms with Gasteiger partial charge >= 0.3 is 5.97 Å². The van der Waals surface area contributed by atoms with Crippen LogP contribution in [0.1, 0.15) is 72.6 Å². The number of carbonyl (C=O) groups is 1. The maximum atomic E-state index is 10.7. The second-order valence-electron chi connectivity index (χ2n) is 7.68. The summed E-state index contributed by atoms with van der Waals surface area (Å²) >= 11 is 0. The molecule has 1 aliphatic rings. The van der Waals surface area contributed by atoms with E-state index < -0.39 is 5.97 Å². The van der Waals surface area contributed by atoms with E-state index in [9.17, 15) is 4.79 Å². The zero-order chi connectivity index (χ0) is 17.3.